The fraction of sp³-hybridized carbons (Fsp3) is 0.259. The van der Waals surface area contributed by atoms with Crippen LogP contribution in [0.15, 0.2) is 116 Å². The molecule has 2 saturated carbocycles. The molecule has 0 amide bonds. The molecule has 0 unspecified atom stereocenters. The van der Waals surface area contributed by atoms with E-state index in [0.29, 0.717) is 92.7 Å². The highest BCUT2D eigenvalue weighted by Gasteiger charge is 2.22. The monoisotopic (exact) mass is 914 g/mol. The maximum absolute atomic E-state index is 9.44. The van der Waals surface area contributed by atoms with Crippen molar-refractivity contribution in [3.8, 4) is 52.1 Å². The van der Waals surface area contributed by atoms with Crippen LogP contribution >= 0.6 is 23.2 Å². The van der Waals surface area contributed by atoms with E-state index < -0.39 is 0 Å². The van der Waals surface area contributed by atoms with Gasteiger partial charge in [-0.3, -0.25) is 0 Å². The average molecular weight is 916 g/mol. The summed E-state index contributed by atoms with van der Waals surface area (Å²) in [5, 5.41) is 27.7. The van der Waals surface area contributed by atoms with Crippen molar-refractivity contribution < 1.29 is 18.9 Å². The van der Waals surface area contributed by atoms with Gasteiger partial charge in [0.15, 0.2) is 5.75 Å². The number of hydrogen-bond donors (Lipinski definition) is 2. The van der Waals surface area contributed by atoms with Crippen LogP contribution in [0.3, 0.4) is 0 Å². The molecule has 6 aromatic carbocycles. The van der Waals surface area contributed by atoms with Crippen molar-refractivity contribution >= 4 is 34.1 Å². The molecule has 0 bridgehead atoms. The van der Waals surface area contributed by atoms with Crippen molar-refractivity contribution in [1.82, 2.24) is 20.6 Å². The van der Waals surface area contributed by atoms with Crippen LogP contribution in [0, 0.1) is 29.6 Å². The van der Waals surface area contributed by atoms with Gasteiger partial charge in [-0.2, -0.15) is 10.5 Å². The zero-order chi connectivity index (χ0) is 45.4. The predicted molar refractivity (Wildman–Crippen MR) is 257 cm³/mol. The first-order chi connectivity index (χ1) is 32.3. The Labute approximate surface area is 395 Å². The van der Waals surface area contributed by atoms with Crippen molar-refractivity contribution in [2.45, 2.75) is 90.4 Å². The van der Waals surface area contributed by atoms with Gasteiger partial charge < -0.3 is 29.6 Å². The summed E-state index contributed by atoms with van der Waals surface area (Å²) in [4.78, 5) is 9.34. The second-order valence-electron chi connectivity index (χ2n) is 16.9. The van der Waals surface area contributed by atoms with E-state index in [-0.39, 0.29) is 13.2 Å². The topological polar surface area (TPSA) is 134 Å². The predicted octanol–water partition coefficient (Wildman–Crippen LogP) is 12.5. The van der Waals surface area contributed by atoms with Gasteiger partial charge in [0.25, 0.3) is 0 Å². The third-order valence-electron chi connectivity index (χ3n) is 12.5. The Hall–Kier alpha value is -6.66. The molecule has 0 spiro atoms. The van der Waals surface area contributed by atoms with Gasteiger partial charge in [0.05, 0.1) is 44.2 Å². The molecule has 2 N–H and O–H groups in total. The van der Waals surface area contributed by atoms with Crippen molar-refractivity contribution in [2.24, 2.45) is 0 Å². The van der Waals surface area contributed by atoms with E-state index in [1.54, 1.807) is 12.1 Å². The van der Waals surface area contributed by atoms with Gasteiger partial charge in [-0.1, -0.05) is 90.6 Å². The van der Waals surface area contributed by atoms with E-state index >= 15 is 0 Å². The zero-order valence-electron chi connectivity index (χ0n) is 36.6. The molecule has 7 aromatic rings. The van der Waals surface area contributed by atoms with E-state index in [1.165, 1.54) is 19.2 Å². The number of para-hydroxylation sites is 1. The summed E-state index contributed by atoms with van der Waals surface area (Å²) < 4.78 is 25.8. The van der Waals surface area contributed by atoms with Crippen LogP contribution in [0.2, 0.25) is 10.0 Å². The van der Waals surface area contributed by atoms with Crippen LogP contribution in [0.5, 0.6) is 28.9 Å². The Balaban J connectivity index is 0.955. The van der Waals surface area contributed by atoms with Crippen molar-refractivity contribution in [2.75, 3.05) is 0 Å². The number of nitrogens with zero attached hydrogens (tertiary/aromatic N) is 4. The van der Waals surface area contributed by atoms with Crippen LogP contribution in [-0.2, 0) is 32.9 Å². The number of rotatable bonds is 18. The number of ether oxygens (including phenoxy) is 4. The minimum atomic E-state index is 0.260. The number of nitriles is 2. The molecule has 332 valence electrons. The zero-order valence-corrected chi connectivity index (χ0v) is 38.1. The average Bonchev–Trinajstić information content (AvgIpc) is 3.30. The van der Waals surface area contributed by atoms with Crippen molar-refractivity contribution in [3.63, 3.8) is 0 Å². The van der Waals surface area contributed by atoms with Gasteiger partial charge in [0.2, 0.25) is 5.88 Å². The van der Waals surface area contributed by atoms with Gasteiger partial charge in [-0.15, -0.1) is 0 Å². The number of aromatic nitrogens is 2. The molecule has 10 nitrogen and oxygen atoms in total. The van der Waals surface area contributed by atoms with Gasteiger partial charge in [-0.05, 0) is 103 Å². The SMILES string of the molecule is Cc1c(COc2cc(OCc3cccc(C#N)c3)c(CNC3CCC3)cc2Cl)cccc1-c1cccc2c(Oc3cc(OCc4cccc(C#N)c4)c(CNC4CCC4)cc3Cl)ncnc12. The Bertz CT molecular complexity index is 2980. The van der Waals surface area contributed by atoms with E-state index in [4.69, 9.17) is 47.1 Å². The first-order valence-corrected chi connectivity index (χ1v) is 23.1. The summed E-state index contributed by atoms with van der Waals surface area (Å²) in [5.41, 5.74) is 9.39. The van der Waals surface area contributed by atoms with Crippen molar-refractivity contribution in [1.29, 1.82) is 10.5 Å². The van der Waals surface area contributed by atoms with Gasteiger partial charge >= 0.3 is 0 Å². The molecule has 0 saturated heterocycles. The minimum Gasteiger partial charge on any atom is -0.488 e. The second kappa shape index (κ2) is 20.7. The summed E-state index contributed by atoms with van der Waals surface area (Å²) in [6.45, 7) is 4.11. The largest absolute Gasteiger partial charge is 0.488 e. The Morgan fingerprint density at radius 3 is 1.73 bits per heavy atom. The third kappa shape index (κ3) is 10.4. The van der Waals surface area contributed by atoms with Gasteiger partial charge in [0, 0.05) is 54.0 Å². The highest BCUT2D eigenvalue weighted by molar-refractivity contribution is 6.32. The molecule has 1 heterocycles. The number of fused-ring (bicyclic) bond motifs is 1. The molecule has 0 aliphatic heterocycles. The van der Waals surface area contributed by atoms with E-state index in [2.05, 4.69) is 40.7 Å². The van der Waals surface area contributed by atoms with E-state index in [9.17, 15) is 10.5 Å². The molecule has 0 radical (unpaired) electrons. The van der Waals surface area contributed by atoms with E-state index in [0.717, 1.165) is 70.2 Å². The first kappa shape index (κ1) is 44.5. The molecule has 12 heteroatoms. The summed E-state index contributed by atoms with van der Waals surface area (Å²) in [6, 6.07) is 39.7. The number of nitrogens with one attached hydrogen (secondary N) is 2. The van der Waals surface area contributed by atoms with Crippen LogP contribution in [0.25, 0.3) is 22.0 Å². The van der Waals surface area contributed by atoms with Crippen LogP contribution < -0.4 is 29.6 Å². The fourth-order valence-electron chi connectivity index (χ4n) is 8.16. The summed E-state index contributed by atoms with van der Waals surface area (Å²) in [7, 11) is 0. The first-order valence-electron chi connectivity index (χ1n) is 22.3. The quantitative estimate of drug-likeness (QED) is 0.0857. The Morgan fingerprint density at radius 2 is 1.14 bits per heavy atom. The number of hydrogen-bond acceptors (Lipinski definition) is 10. The lowest BCUT2D eigenvalue weighted by molar-refractivity contribution is 0.284. The Morgan fingerprint density at radius 1 is 0.591 bits per heavy atom. The summed E-state index contributed by atoms with van der Waals surface area (Å²) in [6.07, 6.45) is 8.57. The Kier molecular flexibility index (Phi) is 13.9. The second-order valence-corrected chi connectivity index (χ2v) is 17.7. The maximum atomic E-state index is 9.44. The lowest BCUT2D eigenvalue weighted by atomic mass is 9.93. The minimum absolute atomic E-state index is 0.260. The molecular weight excluding hydrogens is 868 g/mol. The standard InChI is InChI=1S/C54H48Cl2N6O4/c1-34-39(32-65-51-24-49(63-30-37-10-2-8-35(20-37)26-57)40(22-47(51)55)28-59-42-13-5-14-42)12-4-17-44(34)45-18-7-19-46-53(45)61-33-62-54(46)66-52-25-50(64-31-38-11-3-9-36(21-38)27-58)41(23-48(52)56)29-60-43-15-6-16-43/h2-4,7-12,17-25,33,42-43,59-60H,5-6,13-16,28-32H2,1H3. The molecule has 66 heavy (non-hydrogen) atoms. The summed E-state index contributed by atoms with van der Waals surface area (Å²) >= 11 is 13.8. The fourth-order valence-corrected chi connectivity index (χ4v) is 8.62. The molecule has 1 aromatic heterocycles. The molecule has 2 aliphatic rings. The lowest BCUT2D eigenvalue weighted by Crippen LogP contribution is -2.34. The smallest absolute Gasteiger partial charge is 0.230 e. The van der Waals surface area contributed by atoms with Crippen molar-refractivity contribution in [3.05, 3.63) is 170 Å². The molecule has 2 fully saturated rings. The number of benzene rings is 6. The highest BCUT2D eigenvalue weighted by Crippen LogP contribution is 2.40. The normalized spacial score (nSPS) is 13.6. The summed E-state index contributed by atoms with van der Waals surface area (Å²) in [5.74, 6) is 2.56. The third-order valence-corrected chi connectivity index (χ3v) is 13.0. The van der Waals surface area contributed by atoms with Crippen LogP contribution in [0.1, 0.15) is 83.0 Å². The van der Waals surface area contributed by atoms with E-state index in [1.807, 2.05) is 91.0 Å². The van der Waals surface area contributed by atoms with Crippen LogP contribution in [0.4, 0.5) is 0 Å². The molecule has 9 rings (SSSR count). The highest BCUT2D eigenvalue weighted by atomic mass is 35.5. The van der Waals surface area contributed by atoms with Gasteiger partial charge in [-0.25, -0.2) is 9.97 Å². The van der Waals surface area contributed by atoms with Crippen LogP contribution in [-0.4, -0.2) is 22.1 Å². The molecule has 2 aliphatic carbocycles. The number of halogens is 2. The maximum Gasteiger partial charge on any atom is 0.230 e. The molecular formula is C54H48Cl2N6O4. The molecule has 0 atom stereocenters. The lowest BCUT2D eigenvalue weighted by Gasteiger charge is -2.27. The van der Waals surface area contributed by atoms with Gasteiger partial charge in [0.1, 0.15) is 43.4 Å².